The molecule has 2 rings (SSSR count). The summed E-state index contributed by atoms with van der Waals surface area (Å²) in [5.74, 6) is 0.391. The summed E-state index contributed by atoms with van der Waals surface area (Å²) in [5, 5.41) is 9.84. The van der Waals surface area contributed by atoms with Gasteiger partial charge < -0.3 is 5.11 Å². The molecule has 0 heterocycles. The highest BCUT2D eigenvalue weighted by Gasteiger charge is 2.18. The van der Waals surface area contributed by atoms with Gasteiger partial charge in [0.15, 0.2) is 6.29 Å². The van der Waals surface area contributed by atoms with E-state index in [0.717, 1.165) is 18.4 Å². The lowest BCUT2D eigenvalue weighted by atomic mass is 9.83. The van der Waals surface area contributed by atoms with Crippen molar-refractivity contribution < 1.29 is 9.90 Å². The van der Waals surface area contributed by atoms with E-state index in [4.69, 9.17) is 11.6 Å². The molecule has 0 aromatic heterocycles. The van der Waals surface area contributed by atoms with Gasteiger partial charge in [0, 0.05) is 0 Å². The Kier molecular flexibility index (Phi) is 3.49. The number of rotatable bonds is 2. The molecule has 1 saturated carbocycles. The fourth-order valence-corrected chi connectivity index (χ4v) is 2.64. The van der Waals surface area contributed by atoms with Crippen molar-refractivity contribution in [2.45, 2.75) is 38.0 Å². The fourth-order valence-electron chi connectivity index (χ4n) is 2.40. The van der Waals surface area contributed by atoms with Gasteiger partial charge in [-0.15, -0.1) is 0 Å². The molecule has 1 aromatic carbocycles. The maximum absolute atomic E-state index is 10.8. The quantitative estimate of drug-likeness (QED) is 0.794. The molecule has 1 aliphatic carbocycles. The van der Waals surface area contributed by atoms with E-state index in [1.165, 1.54) is 19.3 Å². The molecule has 1 aliphatic rings. The summed E-state index contributed by atoms with van der Waals surface area (Å²) in [4.78, 5) is 10.8. The van der Waals surface area contributed by atoms with Gasteiger partial charge in [0.25, 0.3) is 0 Å². The maximum Gasteiger partial charge on any atom is 0.153 e. The number of carbonyl (C=O) groups excluding carboxylic acids is 1. The van der Waals surface area contributed by atoms with Gasteiger partial charge in [-0.3, -0.25) is 4.79 Å². The third-order valence-electron chi connectivity index (χ3n) is 3.32. The molecule has 0 radical (unpaired) electrons. The zero-order valence-corrected chi connectivity index (χ0v) is 9.83. The highest BCUT2D eigenvalue weighted by atomic mass is 35.5. The largest absolute Gasteiger partial charge is 0.506 e. The molecule has 0 spiro atoms. The van der Waals surface area contributed by atoms with E-state index >= 15 is 0 Å². The monoisotopic (exact) mass is 238 g/mol. The molecule has 16 heavy (non-hydrogen) atoms. The van der Waals surface area contributed by atoms with Crippen molar-refractivity contribution in [2.75, 3.05) is 0 Å². The molecule has 0 saturated heterocycles. The van der Waals surface area contributed by atoms with E-state index in [0.29, 0.717) is 17.8 Å². The zero-order chi connectivity index (χ0) is 11.5. The molecule has 0 bridgehead atoms. The van der Waals surface area contributed by atoms with E-state index in [1.54, 1.807) is 12.1 Å². The lowest BCUT2D eigenvalue weighted by Crippen LogP contribution is -2.05. The van der Waals surface area contributed by atoms with Crippen molar-refractivity contribution in [1.29, 1.82) is 0 Å². The number of aldehydes is 1. The van der Waals surface area contributed by atoms with Crippen LogP contribution in [0.3, 0.4) is 0 Å². The number of carbonyl (C=O) groups is 1. The molecule has 2 nitrogen and oxygen atoms in total. The molecule has 0 aliphatic heterocycles. The summed E-state index contributed by atoms with van der Waals surface area (Å²) >= 11 is 5.91. The Hall–Kier alpha value is -1.02. The van der Waals surface area contributed by atoms with Gasteiger partial charge in [-0.1, -0.05) is 30.9 Å². The van der Waals surface area contributed by atoms with Gasteiger partial charge in [0.1, 0.15) is 5.75 Å². The van der Waals surface area contributed by atoms with Crippen molar-refractivity contribution in [1.82, 2.24) is 0 Å². The van der Waals surface area contributed by atoms with Crippen LogP contribution >= 0.6 is 11.6 Å². The number of hydrogen-bond donors (Lipinski definition) is 1. The lowest BCUT2D eigenvalue weighted by Gasteiger charge is -2.22. The van der Waals surface area contributed by atoms with Crippen LogP contribution in [0.5, 0.6) is 5.75 Å². The van der Waals surface area contributed by atoms with Gasteiger partial charge >= 0.3 is 0 Å². The smallest absolute Gasteiger partial charge is 0.153 e. The second-order valence-corrected chi connectivity index (χ2v) is 4.80. The minimum absolute atomic E-state index is 0.101. The molecule has 86 valence electrons. The van der Waals surface area contributed by atoms with Gasteiger partial charge in [-0.25, -0.2) is 0 Å². The van der Waals surface area contributed by atoms with Crippen LogP contribution in [0.25, 0.3) is 0 Å². The molecule has 1 N–H and O–H groups in total. The van der Waals surface area contributed by atoms with Crippen LogP contribution in [0.15, 0.2) is 12.1 Å². The Morgan fingerprint density at radius 2 is 1.94 bits per heavy atom. The topological polar surface area (TPSA) is 37.3 Å². The third kappa shape index (κ3) is 2.22. The summed E-state index contributed by atoms with van der Waals surface area (Å²) < 4.78 is 0. The Labute approximate surface area is 100 Å². The van der Waals surface area contributed by atoms with Gasteiger partial charge in [-0.2, -0.15) is 0 Å². The summed E-state index contributed by atoms with van der Waals surface area (Å²) in [7, 11) is 0. The van der Waals surface area contributed by atoms with Crippen molar-refractivity contribution in [3.8, 4) is 5.75 Å². The van der Waals surface area contributed by atoms with Crippen molar-refractivity contribution in [3.05, 3.63) is 28.3 Å². The molecule has 0 amide bonds. The van der Waals surface area contributed by atoms with E-state index in [1.807, 2.05) is 0 Å². The minimum Gasteiger partial charge on any atom is -0.506 e. The van der Waals surface area contributed by atoms with Crippen molar-refractivity contribution in [3.63, 3.8) is 0 Å². The number of phenolic OH excluding ortho intramolecular Hbond substituents is 1. The molecule has 0 atom stereocenters. The Morgan fingerprint density at radius 1 is 1.25 bits per heavy atom. The van der Waals surface area contributed by atoms with Crippen LogP contribution in [0.4, 0.5) is 0 Å². The SMILES string of the molecule is O=Cc1cc(C2CCCCC2)cc(Cl)c1O. The average molecular weight is 239 g/mol. The summed E-state index contributed by atoms with van der Waals surface area (Å²) in [6.07, 6.45) is 6.73. The first-order valence-electron chi connectivity index (χ1n) is 5.70. The standard InChI is InChI=1S/C13H15ClO2/c14-12-7-10(6-11(8-15)13(12)16)9-4-2-1-3-5-9/h6-9,16H,1-5H2. The van der Waals surface area contributed by atoms with Crippen LogP contribution in [0.2, 0.25) is 5.02 Å². The number of benzene rings is 1. The first kappa shape index (κ1) is 11.5. The van der Waals surface area contributed by atoms with Crippen LogP contribution < -0.4 is 0 Å². The van der Waals surface area contributed by atoms with Crippen LogP contribution in [0.1, 0.15) is 53.9 Å². The molecule has 1 aromatic rings. The number of phenols is 1. The lowest BCUT2D eigenvalue weighted by molar-refractivity contribution is 0.112. The summed E-state index contributed by atoms with van der Waals surface area (Å²) in [6.45, 7) is 0. The average Bonchev–Trinajstić information content (AvgIpc) is 2.33. The highest BCUT2D eigenvalue weighted by Crippen LogP contribution is 2.37. The first-order chi connectivity index (χ1) is 7.72. The predicted molar refractivity (Wildman–Crippen MR) is 64.3 cm³/mol. The summed E-state index contributed by atoms with van der Waals surface area (Å²) in [5.41, 5.74) is 1.39. The van der Waals surface area contributed by atoms with Crippen LogP contribution in [0, 0.1) is 0 Å². The Bertz CT molecular complexity index is 395. The maximum atomic E-state index is 10.8. The second-order valence-electron chi connectivity index (χ2n) is 4.39. The molecular formula is C13H15ClO2. The first-order valence-corrected chi connectivity index (χ1v) is 6.07. The van der Waals surface area contributed by atoms with Gasteiger partial charge in [0.2, 0.25) is 0 Å². The van der Waals surface area contributed by atoms with Crippen molar-refractivity contribution in [2.24, 2.45) is 0 Å². The normalized spacial score (nSPS) is 17.3. The number of aromatic hydroxyl groups is 1. The van der Waals surface area contributed by atoms with Gasteiger partial charge in [-0.05, 0) is 36.5 Å². The van der Waals surface area contributed by atoms with Gasteiger partial charge in [0.05, 0.1) is 10.6 Å². The zero-order valence-electron chi connectivity index (χ0n) is 9.08. The van der Waals surface area contributed by atoms with E-state index in [-0.39, 0.29) is 10.8 Å². The molecular weight excluding hydrogens is 224 g/mol. The Morgan fingerprint density at radius 3 is 2.56 bits per heavy atom. The Balaban J connectivity index is 2.33. The third-order valence-corrected chi connectivity index (χ3v) is 3.61. The number of halogens is 1. The van der Waals surface area contributed by atoms with E-state index < -0.39 is 0 Å². The van der Waals surface area contributed by atoms with E-state index in [2.05, 4.69) is 0 Å². The minimum atomic E-state index is -0.101. The predicted octanol–water partition coefficient (Wildman–Crippen LogP) is 3.91. The molecule has 3 heteroatoms. The van der Waals surface area contributed by atoms with Crippen LogP contribution in [-0.4, -0.2) is 11.4 Å². The molecule has 1 fully saturated rings. The van der Waals surface area contributed by atoms with Crippen molar-refractivity contribution >= 4 is 17.9 Å². The van der Waals surface area contributed by atoms with E-state index in [9.17, 15) is 9.90 Å². The second kappa shape index (κ2) is 4.88. The molecule has 0 unspecified atom stereocenters. The summed E-state index contributed by atoms with van der Waals surface area (Å²) in [6, 6.07) is 3.56. The van der Waals surface area contributed by atoms with Crippen LogP contribution in [-0.2, 0) is 0 Å². The fraction of sp³-hybridized carbons (Fsp3) is 0.462. The highest BCUT2D eigenvalue weighted by molar-refractivity contribution is 6.32. The number of hydrogen-bond acceptors (Lipinski definition) is 2.